The third kappa shape index (κ3) is 3.22. The first kappa shape index (κ1) is 14.6. The minimum Gasteiger partial charge on any atom is -0.381 e. The summed E-state index contributed by atoms with van der Waals surface area (Å²) in [5.41, 5.74) is 2.61. The number of anilines is 1. The van der Waals surface area contributed by atoms with Crippen LogP contribution in [0, 0.1) is 0 Å². The molecule has 1 aromatic carbocycles. The topological polar surface area (TPSA) is 38.2 Å². The Morgan fingerprint density at radius 3 is 2.52 bits per heavy atom. The molecule has 1 atom stereocenters. The van der Waals surface area contributed by atoms with Crippen LogP contribution in [0.1, 0.15) is 42.4 Å². The lowest BCUT2D eigenvalue weighted by molar-refractivity contribution is 0.193. The van der Waals surface area contributed by atoms with E-state index in [-0.39, 0.29) is 0 Å². The van der Waals surface area contributed by atoms with E-state index in [4.69, 9.17) is 4.74 Å². The second-order valence-electron chi connectivity index (χ2n) is 6.53. The maximum atomic E-state index is 5.49. The van der Waals surface area contributed by atoms with Crippen molar-refractivity contribution in [1.82, 2.24) is 9.97 Å². The van der Waals surface area contributed by atoms with Crippen molar-refractivity contribution in [2.24, 2.45) is 0 Å². The van der Waals surface area contributed by atoms with Gasteiger partial charge in [0.15, 0.2) is 0 Å². The molecule has 4 nitrogen and oxygen atoms in total. The van der Waals surface area contributed by atoms with Crippen LogP contribution in [0.4, 0.5) is 5.82 Å². The van der Waals surface area contributed by atoms with E-state index in [1.807, 2.05) is 0 Å². The monoisotopic (exact) mass is 309 g/mol. The molecule has 0 bridgehead atoms. The molecule has 0 spiro atoms. The predicted octanol–water partition coefficient (Wildman–Crippen LogP) is 3.36. The Kier molecular flexibility index (Phi) is 4.24. The number of piperidine rings is 1. The van der Waals surface area contributed by atoms with Crippen molar-refractivity contribution in [2.45, 2.75) is 31.1 Å². The summed E-state index contributed by atoms with van der Waals surface area (Å²) in [6.07, 6.45) is 5.17. The summed E-state index contributed by atoms with van der Waals surface area (Å²) in [4.78, 5) is 11.4. The van der Waals surface area contributed by atoms with E-state index in [1.165, 1.54) is 18.4 Å². The molecular weight excluding hydrogens is 286 g/mol. The normalized spacial score (nSPS) is 22.4. The van der Waals surface area contributed by atoms with Crippen molar-refractivity contribution in [3.63, 3.8) is 0 Å². The quantitative estimate of drug-likeness (QED) is 0.871. The van der Waals surface area contributed by atoms with Crippen LogP contribution in [0.25, 0.3) is 0 Å². The maximum Gasteiger partial charge on any atom is 0.132 e. The fraction of sp³-hybridized carbons (Fsp3) is 0.474. The minimum atomic E-state index is 0.443. The number of hydrogen-bond acceptors (Lipinski definition) is 4. The third-order valence-corrected chi connectivity index (χ3v) is 5.11. The lowest BCUT2D eigenvalue weighted by Crippen LogP contribution is -2.33. The molecule has 0 N–H and O–H groups in total. The zero-order valence-electron chi connectivity index (χ0n) is 13.4. The Balaban J connectivity index is 1.43. The van der Waals surface area contributed by atoms with Crippen LogP contribution in [-0.4, -0.2) is 36.3 Å². The van der Waals surface area contributed by atoms with E-state index in [0.717, 1.165) is 44.2 Å². The Bertz CT molecular complexity index is 632. The van der Waals surface area contributed by atoms with Gasteiger partial charge in [0.1, 0.15) is 12.1 Å². The summed E-state index contributed by atoms with van der Waals surface area (Å²) in [6.45, 7) is 3.79. The summed E-state index contributed by atoms with van der Waals surface area (Å²) >= 11 is 0. The molecule has 4 heteroatoms. The van der Waals surface area contributed by atoms with Gasteiger partial charge in [0.25, 0.3) is 0 Å². The molecule has 2 aliphatic heterocycles. The van der Waals surface area contributed by atoms with Gasteiger partial charge < -0.3 is 9.64 Å². The average Bonchev–Trinajstić information content (AvgIpc) is 3.18. The molecule has 0 unspecified atom stereocenters. The average molecular weight is 309 g/mol. The van der Waals surface area contributed by atoms with Gasteiger partial charge in [-0.2, -0.15) is 0 Å². The van der Waals surface area contributed by atoms with E-state index in [0.29, 0.717) is 11.8 Å². The Morgan fingerprint density at radius 2 is 1.78 bits per heavy atom. The van der Waals surface area contributed by atoms with Crippen LogP contribution in [0.5, 0.6) is 0 Å². The number of hydrogen-bond donors (Lipinski definition) is 0. The maximum absolute atomic E-state index is 5.49. The van der Waals surface area contributed by atoms with Gasteiger partial charge >= 0.3 is 0 Å². The first-order chi connectivity index (χ1) is 11.4. The van der Waals surface area contributed by atoms with E-state index in [9.17, 15) is 0 Å². The third-order valence-electron chi connectivity index (χ3n) is 5.11. The number of aromatic nitrogens is 2. The SMILES string of the molecule is c1ccc(C2CCN(c3cc([C@@H]4CCOC4)ncn3)CC2)cc1. The molecule has 3 heterocycles. The summed E-state index contributed by atoms with van der Waals surface area (Å²) in [5.74, 6) is 2.20. The summed E-state index contributed by atoms with van der Waals surface area (Å²) in [7, 11) is 0. The smallest absolute Gasteiger partial charge is 0.132 e. The lowest BCUT2D eigenvalue weighted by Gasteiger charge is -2.33. The lowest BCUT2D eigenvalue weighted by atomic mass is 9.89. The van der Waals surface area contributed by atoms with Crippen LogP contribution in [0.2, 0.25) is 0 Å². The van der Waals surface area contributed by atoms with Gasteiger partial charge in [0, 0.05) is 31.7 Å². The van der Waals surface area contributed by atoms with Crippen LogP contribution in [0.3, 0.4) is 0 Å². The fourth-order valence-electron chi connectivity index (χ4n) is 3.69. The van der Waals surface area contributed by atoms with Crippen molar-refractivity contribution in [3.05, 3.63) is 54.0 Å². The molecule has 2 aliphatic rings. The highest BCUT2D eigenvalue weighted by Crippen LogP contribution is 2.31. The van der Waals surface area contributed by atoms with E-state index in [2.05, 4.69) is 51.3 Å². The van der Waals surface area contributed by atoms with Gasteiger partial charge in [-0.3, -0.25) is 0 Å². The van der Waals surface area contributed by atoms with Gasteiger partial charge in [-0.25, -0.2) is 9.97 Å². The standard InChI is InChI=1S/C19H23N3O/c1-2-4-15(5-3-1)16-6-9-22(10-7-16)19-12-18(20-14-21-19)17-8-11-23-13-17/h1-5,12,14,16-17H,6-11,13H2/t17-/m1/s1. The molecule has 1 aromatic heterocycles. The van der Waals surface area contributed by atoms with Gasteiger partial charge in [-0.05, 0) is 30.7 Å². The number of ether oxygens (including phenoxy) is 1. The summed E-state index contributed by atoms with van der Waals surface area (Å²) < 4.78 is 5.49. The Labute approximate surface area is 137 Å². The molecule has 0 saturated carbocycles. The largest absolute Gasteiger partial charge is 0.381 e. The van der Waals surface area contributed by atoms with Gasteiger partial charge in [-0.15, -0.1) is 0 Å². The molecular formula is C19H23N3O. The highest BCUT2D eigenvalue weighted by Gasteiger charge is 2.23. The van der Waals surface area contributed by atoms with Crippen molar-refractivity contribution < 1.29 is 4.74 Å². The molecule has 0 radical (unpaired) electrons. The Morgan fingerprint density at radius 1 is 0.957 bits per heavy atom. The second kappa shape index (κ2) is 6.67. The predicted molar refractivity (Wildman–Crippen MR) is 90.8 cm³/mol. The highest BCUT2D eigenvalue weighted by molar-refractivity contribution is 5.41. The molecule has 23 heavy (non-hydrogen) atoms. The molecule has 4 rings (SSSR count). The Hall–Kier alpha value is -1.94. The first-order valence-corrected chi connectivity index (χ1v) is 8.60. The van der Waals surface area contributed by atoms with E-state index in [1.54, 1.807) is 6.33 Å². The van der Waals surface area contributed by atoms with Crippen LogP contribution < -0.4 is 4.90 Å². The fourth-order valence-corrected chi connectivity index (χ4v) is 3.69. The molecule has 0 aliphatic carbocycles. The van der Waals surface area contributed by atoms with Gasteiger partial charge in [0.2, 0.25) is 0 Å². The zero-order valence-corrected chi connectivity index (χ0v) is 13.4. The highest BCUT2D eigenvalue weighted by atomic mass is 16.5. The minimum absolute atomic E-state index is 0.443. The van der Waals surface area contributed by atoms with Crippen molar-refractivity contribution in [1.29, 1.82) is 0 Å². The van der Waals surface area contributed by atoms with E-state index >= 15 is 0 Å². The molecule has 120 valence electrons. The van der Waals surface area contributed by atoms with Crippen LogP contribution in [-0.2, 0) is 4.74 Å². The van der Waals surface area contributed by atoms with Crippen LogP contribution >= 0.6 is 0 Å². The van der Waals surface area contributed by atoms with Crippen molar-refractivity contribution >= 4 is 5.82 Å². The summed E-state index contributed by atoms with van der Waals surface area (Å²) in [6, 6.07) is 13.0. The molecule has 2 saturated heterocycles. The van der Waals surface area contributed by atoms with Crippen molar-refractivity contribution in [3.8, 4) is 0 Å². The number of nitrogens with zero attached hydrogens (tertiary/aromatic N) is 3. The molecule has 2 aromatic rings. The zero-order chi connectivity index (χ0) is 15.5. The molecule has 2 fully saturated rings. The van der Waals surface area contributed by atoms with Crippen molar-refractivity contribution in [2.75, 3.05) is 31.2 Å². The van der Waals surface area contributed by atoms with E-state index < -0.39 is 0 Å². The van der Waals surface area contributed by atoms with Crippen LogP contribution in [0.15, 0.2) is 42.7 Å². The summed E-state index contributed by atoms with van der Waals surface area (Å²) in [5, 5.41) is 0. The number of benzene rings is 1. The number of rotatable bonds is 3. The molecule has 0 amide bonds. The second-order valence-corrected chi connectivity index (χ2v) is 6.53. The van der Waals surface area contributed by atoms with Gasteiger partial charge in [-0.1, -0.05) is 30.3 Å². The first-order valence-electron chi connectivity index (χ1n) is 8.60. The van der Waals surface area contributed by atoms with Gasteiger partial charge in [0.05, 0.1) is 12.3 Å².